The number of rotatable bonds is 4. The molecule has 0 saturated carbocycles. The zero-order chi connectivity index (χ0) is 10.6. The van der Waals surface area contributed by atoms with Crippen LogP contribution in [0.3, 0.4) is 0 Å². The van der Waals surface area contributed by atoms with Crippen molar-refractivity contribution in [2.75, 3.05) is 6.54 Å². The number of phenolic OH excluding ortho intramolecular Hbond substituents is 1. The van der Waals surface area contributed by atoms with Crippen molar-refractivity contribution >= 4 is 15.9 Å². The van der Waals surface area contributed by atoms with E-state index in [4.69, 9.17) is 5.11 Å². The molecule has 0 aliphatic rings. The first-order valence-electron chi connectivity index (χ1n) is 4.46. The molecule has 1 rings (SSSR count). The lowest BCUT2D eigenvalue weighted by Crippen LogP contribution is -2.23. The van der Waals surface area contributed by atoms with Gasteiger partial charge in [-0.15, -0.1) is 0 Å². The number of aliphatic hydroxyl groups excluding tert-OH is 1. The Kier molecular flexibility index (Phi) is 4.38. The van der Waals surface area contributed by atoms with Gasteiger partial charge >= 0.3 is 0 Å². The van der Waals surface area contributed by atoms with Crippen LogP contribution in [0.25, 0.3) is 0 Å². The number of hydrogen-bond acceptors (Lipinski definition) is 3. The quantitative estimate of drug-likeness (QED) is 0.771. The van der Waals surface area contributed by atoms with Gasteiger partial charge in [0.15, 0.2) is 0 Å². The third-order valence-electron chi connectivity index (χ3n) is 1.78. The fourth-order valence-electron chi connectivity index (χ4n) is 1.11. The molecule has 0 aliphatic heterocycles. The van der Waals surface area contributed by atoms with E-state index in [1.807, 2.05) is 0 Å². The molecule has 0 aromatic heterocycles. The van der Waals surface area contributed by atoms with E-state index in [0.29, 0.717) is 13.1 Å². The van der Waals surface area contributed by atoms with Gasteiger partial charge in [0.05, 0.1) is 6.10 Å². The molecule has 0 radical (unpaired) electrons. The first-order valence-corrected chi connectivity index (χ1v) is 5.25. The summed E-state index contributed by atoms with van der Waals surface area (Å²) in [6.45, 7) is 2.90. The molecule has 4 heteroatoms. The smallest absolute Gasteiger partial charge is 0.115 e. The number of benzene rings is 1. The molecular formula is C10H14BrNO2. The Labute approximate surface area is 91.9 Å². The summed E-state index contributed by atoms with van der Waals surface area (Å²) < 4.78 is 0.952. The zero-order valence-corrected chi connectivity index (χ0v) is 9.58. The molecule has 0 amide bonds. The maximum atomic E-state index is 9.25. The third kappa shape index (κ3) is 3.65. The molecule has 0 unspecified atom stereocenters. The summed E-state index contributed by atoms with van der Waals surface area (Å²) in [5, 5.41) is 21.4. The minimum absolute atomic E-state index is 0.252. The van der Waals surface area contributed by atoms with E-state index in [-0.39, 0.29) is 11.9 Å². The first-order chi connectivity index (χ1) is 6.59. The van der Waals surface area contributed by atoms with Crippen molar-refractivity contribution in [1.82, 2.24) is 5.32 Å². The number of phenols is 1. The summed E-state index contributed by atoms with van der Waals surface area (Å²) in [7, 11) is 0. The number of aromatic hydroxyl groups is 1. The zero-order valence-electron chi connectivity index (χ0n) is 8.00. The van der Waals surface area contributed by atoms with Gasteiger partial charge < -0.3 is 15.5 Å². The van der Waals surface area contributed by atoms with Gasteiger partial charge in [-0.3, -0.25) is 0 Å². The third-order valence-corrected chi connectivity index (χ3v) is 2.56. The molecule has 0 saturated heterocycles. The molecule has 0 fully saturated rings. The summed E-state index contributed by atoms with van der Waals surface area (Å²) in [6.07, 6.45) is -0.355. The van der Waals surface area contributed by atoms with Crippen LogP contribution in [0.5, 0.6) is 5.75 Å². The molecule has 0 aliphatic carbocycles. The molecule has 3 nitrogen and oxygen atoms in total. The SMILES string of the molecule is C[C@H](O)CNCc1cc(O)ccc1Br. The minimum Gasteiger partial charge on any atom is -0.508 e. The van der Waals surface area contributed by atoms with Gasteiger partial charge in [0, 0.05) is 17.6 Å². The van der Waals surface area contributed by atoms with Gasteiger partial charge in [-0.25, -0.2) is 0 Å². The van der Waals surface area contributed by atoms with Crippen LogP contribution in [0.4, 0.5) is 0 Å². The molecular weight excluding hydrogens is 246 g/mol. The standard InChI is InChI=1S/C10H14BrNO2/c1-7(13)5-12-6-8-4-9(14)2-3-10(8)11/h2-4,7,12-14H,5-6H2,1H3/t7-/m0/s1. The van der Waals surface area contributed by atoms with E-state index in [0.717, 1.165) is 10.0 Å². The highest BCUT2D eigenvalue weighted by Crippen LogP contribution is 2.21. The predicted molar refractivity (Wildman–Crippen MR) is 59.2 cm³/mol. The second-order valence-electron chi connectivity index (χ2n) is 3.26. The van der Waals surface area contributed by atoms with E-state index < -0.39 is 0 Å². The van der Waals surface area contributed by atoms with Crippen molar-refractivity contribution in [2.24, 2.45) is 0 Å². The monoisotopic (exact) mass is 259 g/mol. The second kappa shape index (κ2) is 5.34. The predicted octanol–water partition coefficient (Wildman–Crippen LogP) is 1.63. The lowest BCUT2D eigenvalue weighted by Gasteiger charge is -2.08. The average Bonchev–Trinajstić information content (AvgIpc) is 2.10. The van der Waals surface area contributed by atoms with Gasteiger partial charge in [0.25, 0.3) is 0 Å². The molecule has 0 spiro atoms. The highest BCUT2D eigenvalue weighted by molar-refractivity contribution is 9.10. The summed E-state index contributed by atoms with van der Waals surface area (Å²) in [4.78, 5) is 0. The fraction of sp³-hybridized carbons (Fsp3) is 0.400. The molecule has 1 aromatic carbocycles. The Morgan fingerprint density at radius 3 is 2.86 bits per heavy atom. The van der Waals surface area contributed by atoms with E-state index >= 15 is 0 Å². The summed E-state index contributed by atoms with van der Waals surface area (Å²) in [5.41, 5.74) is 0.977. The Hall–Kier alpha value is -0.580. The summed E-state index contributed by atoms with van der Waals surface area (Å²) >= 11 is 3.38. The number of nitrogens with one attached hydrogen (secondary N) is 1. The van der Waals surface area contributed by atoms with Crippen LogP contribution in [0, 0.1) is 0 Å². The van der Waals surface area contributed by atoms with Crippen LogP contribution < -0.4 is 5.32 Å². The molecule has 1 atom stereocenters. The topological polar surface area (TPSA) is 52.5 Å². The average molecular weight is 260 g/mol. The Morgan fingerprint density at radius 1 is 1.50 bits per heavy atom. The minimum atomic E-state index is -0.355. The van der Waals surface area contributed by atoms with Crippen LogP contribution in [0.1, 0.15) is 12.5 Å². The van der Waals surface area contributed by atoms with E-state index in [9.17, 15) is 5.11 Å². The van der Waals surface area contributed by atoms with Crippen molar-refractivity contribution in [3.05, 3.63) is 28.2 Å². The maximum absolute atomic E-state index is 9.25. The first kappa shape index (κ1) is 11.5. The molecule has 14 heavy (non-hydrogen) atoms. The summed E-state index contributed by atoms with van der Waals surface area (Å²) in [6, 6.07) is 5.12. The maximum Gasteiger partial charge on any atom is 0.115 e. The van der Waals surface area contributed by atoms with Crippen LogP contribution in [-0.4, -0.2) is 22.9 Å². The number of aliphatic hydroxyl groups is 1. The van der Waals surface area contributed by atoms with Gasteiger partial charge in [-0.2, -0.15) is 0 Å². The lowest BCUT2D eigenvalue weighted by molar-refractivity contribution is 0.191. The van der Waals surface area contributed by atoms with Crippen LogP contribution in [-0.2, 0) is 6.54 Å². The normalized spacial score (nSPS) is 12.8. The Morgan fingerprint density at radius 2 is 2.21 bits per heavy atom. The van der Waals surface area contributed by atoms with Crippen molar-refractivity contribution < 1.29 is 10.2 Å². The van der Waals surface area contributed by atoms with Crippen LogP contribution in [0.2, 0.25) is 0 Å². The van der Waals surface area contributed by atoms with Gasteiger partial charge in [-0.05, 0) is 30.7 Å². The van der Waals surface area contributed by atoms with Crippen LogP contribution in [0.15, 0.2) is 22.7 Å². The highest BCUT2D eigenvalue weighted by atomic mass is 79.9. The van der Waals surface area contributed by atoms with E-state index in [1.54, 1.807) is 25.1 Å². The van der Waals surface area contributed by atoms with Crippen molar-refractivity contribution in [3.63, 3.8) is 0 Å². The largest absolute Gasteiger partial charge is 0.508 e. The van der Waals surface area contributed by atoms with Crippen LogP contribution >= 0.6 is 15.9 Å². The van der Waals surface area contributed by atoms with E-state index in [2.05, 4.69) is 21.2 Å². The second-order valence-corrected chi connectivity index (χ2v) is 4.11. The number of halogens is 1. The van der Waals surface area contributed by atoms with Crippen molar-refractivity contribution in [2.45, 2.75) is 19.6 Å². The van der Waals surface area contributed by atoms with Crippen molar-refractivity contribution in [1.29, 1.82) is 0 Å². The molecule has 0 heterocycles. The van der Waals surface area contributed by atoms with Gasteiger partial charge in [0.2, 0.25) is 0 Å². The van der Waals surface area contributed by atoms with Crippen molar-refractivity contribution in [3.8, 4) is 5.75 Å². The van der Waals surface area contributed by atoms with E-state index in [1.165, 1.54) is 0 Å². The number of hydrogen-bond donors (Lipinski definition) is 3. The summed E-state index contributed by atoms with van der Waals surface area (Å²) in [5.74, 6) is 0.252. The molecule has 78 valence electrons. The molecule has 1 aromatic rings. The Bertz CT molecular complexity index is 302. The van der Waals surface area contributed by atoms with Gasteiger partial charge in [-0.1, -0.05) is 15.9 Å². The highest BCUT2D eigenvalue weighted by Gasteiger charge is 2.01. The lowest BCUT2D eigenvalue weighted by atomic mass is 10.2. The fourth-order valence-corrected chi connectivity index (χ4v) is 1.50. The molecule has 3 N–H and O–H groups in total. The molecule has 0 bridgehead atoms. The Balaban J connectivity index is 2.53. The van der Waals surface area contributed by atoms with Gasteiger partial charge in [0.1, 0.15) is 5.75 Å².